The number of hydrogen-bond donors (Lipinski definition) is 2. The number of carbonyl (C=O) groups is 2. The maximum Gasteiger partial charge on any atom is 0.300 e. The second-order valence-electron chi connectivity index (χ2n) is 6.87. The van der Waals surface area contributed by atoms with Gasteiger partial charge in [-0.25, -0.2) is 0 Å². The van der Waals surface area contributed by atoms with E-state index in [0.29, 0.717) is 23.6 Å². The van der Waals surface area contributed by atoms with Gasteiger partial charge in [0.1, 0.15) is 23.3 Å². The molecule has 0 aliphatic carbocycles. The second-order valence-corrected chi connectivity index (χ2v) is 6.87. The number of para-hydroxylation sites is 2. The van der Waals surface area contributed by atoms with Crippen molar-refractivity contribution in [3.63, 3.8) is 0 Å². The lowest BCUT2D eigenvalue weighted by atomic mass is 9.98. The number of aromatic hydroxyl groups is 1. The number of ether oxygens (including phenoxy) is 1. The van der Waals surface area contributed by atoms with Crippen LogP contribution in [0.3, 0.4) is 0 Å². The van der Waals surface area contributed by atoms with Crippen LogP contribution in [-0.2, 0) is 9.59 Å². The summed E-state index contributed by atoms with van der Waals surface area (Å²) in [6, 6.07) is 17.0. The molecule has 0 radical (unpaired) electrons. The smallest absolute Gasteiger partial charge is 0.300 e. The number of benzene rings is 2. The van der Waals surface area contributed by atoms with Crippen LogP contribution in [0.2, 0.25) is 0 Å². The topological polar surface area (TPSA) is 100.0 Å². The summed E-state index contributed by atoms with van der Waals surface area (Å²) in [5.74, 6) is -1.70. The van der Waals surface area contributed by atoms with Gasteiger partial charge < -0.3 is 14.9 Å². The summed E-state index contributed by atoms with van der Waals surface area (Å²) in [6.45, 7) is 2.28. The maximum atomic E-state index is 13.1. The number of phenolic OH excluding ortho intramolecular Hbond substituents is 1. The normalized spacial score (nSPS) is 17.7. The molecule has 1 amide bonds. The van der Waals surface area contributed by atoms with Crippen LogP contribution >= 0.6 is 0 Å². The summed E-state index contributed by atoms with van der Waals surface area (Å²) in [7, 11) is 0. The molecule has 1 aliphatic rings. The van der Waals surface area contributed by atoms with Gasteiger partial charge >= 0.3 is 0 Å². The highest BCUT2D eigenvalue weighted by Crippen LogP contribution is 2.44. The first-order chi connectivity index (χ1) is 15.0. The van der Waals surface area contributed by atoms with Crippen LogP contribution in [-0.4, -0.2) is 33.5 Å². The summed E-state index contributed by atoms with van der Waals surface area (Å²) in [6.07, 6.45) is 1.54. The van der Waals surface area contributed by atoms with Gasteiger partial charge in [-0.3, -0.25) is 19.5 Å². The van der Waals surface area contributed by atoms with Gasteiger partial charge in [0.2, 0.25) is 0 Å². The van der Waals surface area contributed by atoms with Crippen LogP contribution in [0.15, 0.2) is 78.5 Å². The first-order valence-corrected chi connectivity index (χ1v) is 9.76. The molecule has 2 heterocycles. The number of nitrogens with zero attached hydrogens (tertiary/aromatic N) is 2. The van der Waals surface area contributed by atoms with Gasteiger partial charge in [0, 0.05) is 11.8 Å². The Morgan fingerprint density at radius 3 is 2.55 bits per heavy atom. The Morgan fingerprint density at radius 1 is 1.06 bits per heavy atom. The van der Waals surface area contributed by atoms with E-state index in [1.54, 1.807) is 54.6 Å². The fraction of sp³-hybridized carbons (Fsp3) is 0.125. The molecule has 156 valence electrons. The summed E-state index contributed by atoms with van der Waals surface area (Å²) in [5, 5.41) is 21.5. The third-order valence-electron chi connectivity index (χ3n) is 4.97. The molecule has 2 aromatic carbocycles. The standard InChI is InChI=1S/C24H20N2O5/c1-2-31-16-9-7-8-15(14-16)22(28)20-21(17-10-5-6-13-25-17)26(24(30)23(20)29)18-11-3-4-12-19(18)27/h3-14,21,27-28H,2H2,1H3/b22-20-. The summed E-state index contributed by atoms with van der Waals surface area (Å²) < 4.78 is 5.48. The number of hydrogen-bond acceptors (Lipinski definition) is 6. The Labute approximate surface area is 178 Å². The predicted octanol–water partition coefficient (Wildman–Crippen LogP) is 3.81. The molecule has 3 aromatic rings. The van der Waals surface area contributed by atoms with E-state index in [9.17, 15) is 19.8 Å². The third-order valence-corrected chi connectivity index (χ3v) is 4.97. The van der Waals surface area contributed by atoms with Crippen LogP contribution in [0.1, 0.15) is 24.2 Å². The molecule has 1 aliphatic heterocycles. The lowest BCUT2D eigenvalue weighted by molar-refractivity contribution is -0.132. The van der Waals surface area contributed by atoms with Crippen molar-refractivity contribution in [2.45, 2.75) is 13.0 Å². The van der Waals surface area contributed by atoms with Gasteiger partial charge in [-0.2, -0.15) is 0 Å². The maximum absolute atomic E-state index is 13.1. The molecule has 31 heavy (non-hydrogen) atoms. The summed E-state index contributed by atoms with van der Waals surface area (Å²) in [4.78, 5) is 31.6. The minimum absolute atomic E-state index is 0.111. The number of phenols is 1. The van der Waals surface area contributed by atoms with E-state index in [1.807, 2.05) is 6.92 Å². The van der Waals surface area contributed by atoms with Gasteiger partial charge in [-0.1, -0.05) is 30.3 Å². The Kier molecular flexibility index (Phi) is 5.41. The van der Waals surface area contributed by atoms with Gasteiger partial charge in [0.25, 0.3) is 11.7 Å². The molecule has 0 bridgehead atoms. The average molecular weight is 416 g/mol. The van der Waals surface area contributed by atoms with E-state index in [2.05, 4.69) is 4.98 Å². The Morgan fingerprint density at radius 2 is 1.84 bits per heavy atom. The van der Waals surface area contributed by atoms with Crippen molar-refractivity contribution in [1.29, 1.82) is 0 Å². The van der Waals surface area contributed by atoms with Crippen molar-refractivity contribution in [2.24, 2.45) is 0 Å². The molecule has 7 nitrogen and oxygen atoms in total. The number of aromatic nitrogens is 1. The minimum atomic E-state index is -1.01. The summed E-state index contributed by atoms with van der Waals surface area (Å²) in [5.41, 5.74) is 0.762. The van der Waals surface area contributed by atoms with Crippen LogP contribution in [0.4, 0.5) is 5.69 Å². The largest absolute Gasteiger partial charge is 0.507 e. The van der Waals surface area contributed by atoms with E-state index in [1.165, 1.54) is 18.3 Å². The fourth-order valence-electron chi connectivity index (χ4n) is 3.62. The first-order valence-electron chi connectivity index (χ1n) is 9.76. The second kappa shape index (κ2) is 8.31. The monoisotopic (exact) mass is 416 g/mol. The van der Waals surface area contributed by atoms with Crippen LogP contribution in [0.5, 0.6) is 11.5 Å². The molecule has 1 atom stereocenters. The van der Waals surface area contributed by atoms with Crippen molar-refractivity contribution in [3.05, 3.63) is 89.8 Å². The van der Waals surface area contributed by atoms with Crippen molar-refractivity contribution >= 4 is 23.1 Å². The van der Waals surface area contributed by atoms with Crippen LogP contribution < -0.4 is 9.64 Å². The number of aliphatic hydroxyl groups is 1. The zero-order valence-electron chi connectivity index (χ0n) is 16.7. The van der Waals surface area contributed by atoms with Gasteiger partial charge in [0.05, 0.1) is 23.6 Å². The van der Waals surface area contributed by atoms with Crippen molar-refractivity contribution in [2.75, 3.05) is 11.5 Å². The number of ketones is 1. The lowest BCUT2D eigenvalue weighted by Gasteiger charge is -2.25. The lowest BCUT2D eigenvalue weighted by Crippen LogP contribution is -2.29. The predicted molar refractivity (Wildman–Crippen MR) is 115 cm³/mol. The van der Waals surface area contributed by atoms with Crippen LogP contribution in [0.25, 0.3) is 5.76 Å². The van der Waals surface area contributed by atoms with Crippen molar-refractivity contribution in [3.8, 4) is 11.5 Å². The van der Waals surface area contributed by atoms with Crippen molar-refractivity contribution < 1.29 is 24.5 Å². The highest BCUT2D eigenvalue weighted by molar-refractivity contribution is 6.51. The number of anilines is 1. The molecular weight excluding hydrogens is 396 g/mol. The Balaban J connectivity index is 1.93. The van der Waals surface area contributed by atoms with E-state index in [0.717, 1.165) is 4.90 Å². The summed E-state index contributed by atoms with van der Waals surface area (Å²) >= 11 is 0. The molecule has 4 rings (SSSR count). The zero-order valence-corrected chi connectivity index (χ0v) is 16.7. The molecule has 1 saturated heterocycles. The zero-order chi connectivity index (χ0) is 22.0. The van der Waals surface area contributed by atoms with Gasteiger partial charge in [0.15, 0.2) is 0 Å². The molecular formula is C24H20N2O5. The minimum Gasteiger partial charge on any atom is -0.507 e. The average Bonchev–Trinajstić information content (AvgIpc) is 3.05. The van der Waals surface area contributed by atoms with Gasteiger partial charge in [-0.15, -0.1) is 0 Å². The number of amides is 1. The fourth-order valence-corrected chi connectivity index (χ4v) is 3.62. The van der Waals surface area contributed by atoms with E-state index < -0.39 is 17.7 Å². The molecule has 1 fully saturated rings. The van der Waals surface area contributed by atoms with E-state index in [-0.39, 0.29) is 22.8 Å². The quantitative estimate of drug-likeness (QED) is 0.373. The number of pyridine rings is 1. The Bertz CT molecular complexity index is 1170. The molecule has 2 N–H and O–H groups in total. The molecule has 7 heteroatoms. The molecule has 0 spiro atoms. The number of Topliss-reactive ketones (excluding diaryl/α,β-unsaturated/α-hetero) is 1. The van der Waals surface area contributed by atoms with E-state index in [4.69, 9.17) is 4.74 Å². The van der Waals surface area contributed by atoms with Crippen molar-refractivity contribution in [1.82, 2.24) is 4.98 Å². The highest BCUT2D eigenvalue weighted by Gasteiger charge is 2.48. The number of rotatable bonds is 5. The third kappa shape index (κ3) is 3.61. The SMILES string of the molecule is CCOc1cccc(/C(O)=C2/C(=O)C(=O)N(c3ccccc3O)C2c2ccccn2)c1. The molecule has 0 saturated carbocycles. The Hall–Kier alpha value is -4.13. The molecule has 1 aromatic heterocycles. The highest BCUT2D eigenvalue weighted by atomic mass is 16.5. The van der Waals surface area contributed by atoms with E-state index >= 15 is 0 Å². The van der Waals surface area contributed by atoms with Crippen LogP contribution in [0, 0.1) is 0 Å². The number of carbonyl (C=O) groups excluding carboxylic acids is 2. The van der Waals surface area contributed by atoms with Gasteiger partial charge in [-0.05, 0) is 43.3 Å². The first kappa shape index (κ1) is 20.2. The molecule has 1 unspecified atom stereocenters. The number of aliphatic hydroxyl groups excluding tert-OH is 1.